The Morgan fingerprint density at radius 3 is 2.30 bits per heavy atom. The van der Waals surface area contributed by atoms with E-state index in [2.05, 4.69) is 10.3 Å². The molecule has 4 rings (SSSR count). The first-order valence-corrected chi connectivity index (χ1v) is 9.72. The van der Waals surface area contributed by atoms with Crippen LogP contribution in [0.1, 0.15) is 5.56 Å². The van der Waals surface area contributed by atoms with Crippen LogP contribution in [0.25, 0.3) is 10.9 Å². The van der Waals surface area contributed by atoms with Crippen molar-refractivity contribution in [1.29, 1.82) is 0 Å². The lowest BCUT2D eigenvalue weighted by Gasteiger charge is -2.19. The number of carbonyl (C=O) groups is 1. The molecular weight excluding hydrogens is 376 g/mol. The number of benzene rings is 3. The smallest absolute Gasteiger partial charge is 0.350 e. The molecule has 4 aromatic rings. The van der Waals surface area contributed by atoms with Crippen molar-refractivity contribution in [1.82, 2.24) is 9.55 Å². The van der Waals surface area contributed by atoms with Gasteiger partial charge in [0.2, 0.25) is 5.91 Å². The molecule has 0 aliphatic heterocycles. The first-order valence-electron chi connectivity index (χ1n) is 9.72. The first-order chi connectivity index (χ1) is 14.6. The molecule has 1 heterocycles. The summed E-state index contributed by atoms with van der Waals surface area (Å²) in [6.07, 6.45) is 0. The number of fused-ring (bicyclic) bond motifs is 1. The largest absolute Gasteiger partial charge is 0.365 e. The molecule has 30 heavy (non-hydrogen) atoms. The monoisotopic (exact) mass is 398 g/mol. The highest BCUT2D eigenvalue weighted by Gasteiger charge is 2.16. The number of nitrogens with zero attached hydrogens (tertiary/aromatic N) is 3. The van der Waals surface area contributed by atoms with E-state index >= 15 is 0 Å². The fourth-order valence-electron chi connectivity index (χ4n) is 3.33. The lowest BCUT2D eigenvalue weighted by molar-refractivity contribution is -0.118. The van der Waals surface area contributed by atoms with Gasteiger partial charge in [-0.05, 0) is 29.8 Å². The Labute approximate surface area is 174 Å². The molecule has 0 unspecified atom stereocenters. The number of hydrogen-bond donors (Lipinski definition) is 1. The number of carbonyl (C=O) groups excluding carboxylic acids is 1. The highest BCUT2D eigenvalue weighted by molar-refractivity contribution is 5.94. The topological polar surface area (TPSA) is 67.2 Å². The van der Waals surface area contributed by atoms with Crippen molar-refractivity contribution < 1.29 is 4.79 Å². The van der Waals surface area contributed by atoms with Gasteiger partial charge in [0.05, 0.1) is 5.52 Å². The number of para-hydroxylation sites is 2. The van der Waals surface area contributed by atoms with Crippen molar-refractivity contribution in [3.8, 4) is 0 Å². The van der Waals surface area contributed by atoms with Crippen molar-refractivity contribution in [2.75, 3.05) is 17.3 Å². The molecule has 1 N–H and O–H groups in total. The molecule has 0 aliphatic rings. The molecule has 150 valence electrons. The molecule has 3 aromatic carbocycles. The number of aromatic nitrogens is 2. The van der Waals surface area contributed by atoms with Gasteiger partial charge < -0.3 is 10.2 Å². The van der Waals surface area contributed by atoms with Gasteiger partial charge in [0.1, 0.15) is 12.4 Å². The fraction of sp³-hybridized carbons (Fsp3) is 0.125. The van der Waals surface area contributed by atoms with E-state index in [4.69, 9.17) is 0 Å². The van der Waals surface area contributed by atoms with Gasteiger partial charge in [-0.1, -0.05) is 60.7 Å². The van der Waals surface area contributed by atoms with Gasteiger partial charge in [0.25, 0.3) is 0 Å². The van der Waals surface area contributed by atoms with Crippen LogP contribution in [0.4, 0.5) is 11.5 Å². The van der Waals surface area contributed by atoms with E-state index in [9.17, 15) is 9.59 Å². The summed E-state index contributed by atoms with van der Waals surface area (Å²) in [5, 5.41) is 4.05. The van der Waals surface area contributed by atoms with Gasteiger partial charge >= 0.3 is 5.69 Å². The highest BCUT2D eigenvalue weighted by Crippen LogP contribution is 2.20. The molecular formula is C24H22N4O2. The molecule has 6 heteroatoms. The first kappa shape index (κ1) is 19.4. The Kier molecular flexibility index (Phi) is 5.57. The van der Waals surface area contributed by atoms with Gasteiger partial charge in [-0.25, -0.2) is 4.79 Å². The lowest BCUT2D eigenvalue weighted by Crippen LogP contribution is -2.35. The van der Waals surface area contributed by atoms with Crippen LogP contribution in [0.5, 0.6) is 0 Å². The zero-order chi connectivity index (χ0) is 20.9. The number of amides is 1. The summed E-state index contributed by atoms with van der Waals surface area (Å²) < 4.78 is 1.42. The maximum atomic E-state index is 12.8. The van der Waals surface area contributed by atoms with Crippen LogP contribution in [-0.4, -0.2) is 22.5 Å². The molecule has 0 saturated carbocycles. The zero-order valence-corrected chi connectivity index (χ0v) is 16.7. The number of anilines is 2. The molecule has 1 aromatic heterocycles. The average molecular weight is 398 g/mol. The van der Waals surface area contributed by atoms with Crippen LogP contribution < -0.4 is 15.9 Å². The van der Waals surface area contributed by atoms with E-state index in [1.165, 1.54) is 4.57 Å². The van der Waals surface area contributed by atoms with Gasteiger partial charge in [-0.15, -0.1) is 0 Å². The second-order valence-corrected chi connectivity index (χ2v) is 6.97. The van der Waals surface area contributed by atoms with Crippen LogP contribution in [0.3, 0.4) is 0 Å². The van der Waals surface area contributed by atoms with Crippen LogP contribution in [0.2, 0.25) is 0 Å². The summed E-state index contributed by atoms with van der Waals surface area (Å²) in [4.78, 5) is 31.4. The predicted molar refractivity (Wildman–Crippen MR) is 120 cm³/mol. The molecule has 0 saturated heterocycles. The van der Waals surface area contributed by atoms with E-state index in [0.717, 1.165) is 16.6 Å². The molecule has 0 atom stereocenters. The van der Waals surface area contributed by atoms with Gasteiger partial charge in [0.15, 0.2) is 0 Å². The minimum Gasteiger partial charge on any atom is -0.365 e. The summed E-state index contributed by atoms with van der Waals surface area (Å²) in [6, 6.07) is 26.7. The number of hydrogen-bond acceptors (Lipinski definition) is 4. The van der Waals surface area contributed by atoms with Gasteiger partial charge in [-0.2, -0.15) is 4.98 Å². The van der Waals surface area contributed by atoms with Crippen molar-refractivity contribution >= 4 is 28.3 Å². The second kappa shape index (κ2) is 8.61. The van der Waals surface area contributed by atoms with Crippen LogP contribution in [0, 0.1) is 0 Å². The fourth-order valence-corrected chi connectivity index (χ4v) is 3.33. The van der Waals surface area contributed by atoms with Crippen LogP contribution >= 0.6 is 0 Å². The molecule has 0 bridgehead atoms. The summed E-state index contributed by atoms with van der Waals surface area (Å²) >= 11 is 0. The Bertz CT molecular complexity index is 1220. The third-order valence-electron chi connectivity index (χ3n) is 5.00. The summed E-state index contributed by atoms with van der Waals surface area (Å²) in [7, 11) is 1.70. The Hall–Kier alpha value is -3.93. The summed E-state index contributed by atoms with van der Waals surface area (Å²) in [5.74, 6) is 0.319. The van der Waals surface area contributed by atoms with E-state index in [1.807, 2.05) is 84.9 Å². The minimum atomic E-state index is -0.459. The molecule has 0 spiro atoms. The zero-order valence-electron chi connectivity index (χ0n) is 16.7. The normalized spacial score (nSPS) is 10.7. The highest BCUT2D eigenvalue weighted by atomic mass is 16.2. The maximum absolute atomic E-state index is 12.8. The minimum absolute atomic E-state index is 0.0866. The van der Waals surface area contributed by atoms with Crippen molar-refractivity contribution in [2.24, 2.45) is 0 Å². The second-order valence-electron chi connectivity index (χ2n) is 6.97. The maximum Gasteiger partial charge on any atom is 0.350 e. The van der Waals surface area contributed by atoms with Crippen molar-refractivity contribution in [2.45, 2.75) is 13.1 Å². The molecule has 6 nitrogen and oxygen atoms in total. The van der Waals surface area contributed by atoms with Gasteiger partial charge in [0, 0.05) is 24.7 Å². The van der Waals surface area contributed by atoms with Crippen molar-refractivity contribution in [3.05, 3.63) is 101 Å². The van der Waals surface area contributed by atoms with Crippen molar-refractivity contribution in [3.63, 3.8) is 0 Å². The number of likely N-dealkylation sites (N-methyl/N-ethyl adjacent to an activating group) is 1. The third-order valence-corrected chi connectivity index (χ3v) is 5.00. The van der Waals surface area contributed by atoms with Gasteiger partial charge in [-0.3, -0.25) is 9.36 Å². The molecule has 0 fully saturated rings. The molecule has 0 aliphatic carbocycles. The van der Waals surface area contributed by atoms with E-state index in [1.54, 1.807) is 11.9 Å². The average Bonchev–Trinajstić information content (AvgIpc) is 2.80. The van der Waals surface area contributed by atoms with Crippen LogP contribution in [-0.2, 0) is 17.9 Å². The predicted octanol–water partition coefficient (Wildman–Crippen LogP) is 3.67. The summed E-state index contributed by atoms with van der Waals surface area (Å²) in [5.41, 5.74) is 2.07. The number of nitrogens with one attached hydrogen (secondary N) is 1. The summed E-state index contributed by atoms with van der Waals surface area (Å²) in [6.45, 7) is 0.466. The van der Waals surface area contributed by atoms with Crippen LogP contribution in [0.15, 0.2) is 89.7 Å². The van der Waals surface area contributed by atoms with E-state index in [-0.39, 0.29) is 12.5 Å². The molecule has 1 amide bonds. The molecule has 0 radical (unpaired) electrons. The quantitative estimate of drug-likeness (QED) is 0.538. The standard InChI is InChI=1S/C24H22N4O2/c1-27(19-12-6-3-7-13-19)22(29)17-28-21-15-9-8-14-20(21)23(26-24(28)30)25-16-18-10-4-2-5-11-18/h2-15H,16-17H2,1H3,(H,25,26,30). The number of rotatable bonds is 6. The lowest BCUT2D eigenvalue weighted by atomic mass is 10.2. The Balaban J connectivity index is 1.64. The third kappa shape index (κ3) is 4.07. The van der Waals surface area contributed by atoms with E-state index < -0.39 is 5.69 Å². The Morgan fingerprint density at radius 2 is 1.57 bits per heavy atom. The SMILES string of the molecule is CN(C(=O)Cn1c(=O)nc(NCc2ccccc2)c2ccccc21)c1ccccc1. The van der Waals surface area contributed by atoms with E-state index in [0.29, 0.717) is 17.9 Å². The Morgan fingerprint density at radius 1 is 0.933 bits per heavy atom.